The fourth-order valence-corrected chi connectivity index (χ4v) is 2.27. The average molecular weight is 307 g/mol. The van der Waals surface area contributed by atoms with Crippen molar-refractivity contribution in [3.63, 3.8) is 0 Å². The van der Waals surface area contributed by atoms with E-state index in [1.165, 1.54) is 23.5 Å². The van der Waals surface area contributed by atoms with Crippen LogP contribution in [0.25, 0.3) is 0 Å². The fraction of sp³-hybridized carbons (Fsp3) is 0.250. The minimum atomic E-state index is -0.475. The molecule has 0 fully saturated rings. The molecule has 0 aliphatic heterocycles. The number of nitrogens with two attached hydrogens (primary N) is 1. The number of nitro groups is 1. The van der Waals surface area contributed by atoms with Crippen LogP contribution in [0.5, 0.6) is 0 Å². The summed E-state index contributed by atoms with van der Waals surface area (Å²) in [5.41, 5.74) is 6.18. The summed E-state index contributed by atoms with van der Waals surface area (Å²) in [5.74, 6) is -0.152. The molecule has 2 rings (SSSR count). The number of non-ortho nitro benzene ring substituents is 1. The second-order valence-electron chi connectivity index (χ2n) is 4.23. The Hall–Kier alpha value is -2.55. The minimum Gasteiger partial charge on any atom is -0.374 e. The van der Waals surface area contributed by atoms with Gasteiger partial charge in [0.05, 0.1) is 11.3 Å². The summed E-state index contributed by atoms with van der Waals surface area (Å²) in [5, 5.41) is 22.0. The Morgan fingerprint density at radius 1 is 1.33 bits per heavy atom. The van der Waals surface area contributed by atoms with E-state index in [-0.39, 0.29) is 18.0 Å². The van der Waals surface area contributed by atoms with Crippen molar-refractivity contribution in [2.24, 2.45) is 0 Å². The fourth-order valence-electron chi connectivity index (χ4n) is 1.66. The molecule has 0 saturated carbocycles. The van der Waals surface area contributed by atoms with Gasteiger partial charge in [0.1, 0.15) is 5.01 Å². The highest BCUT2D eigenvalue weighted by Gasteiger charge is 2.07. The van der Waals surface area contributed by atoms with E-state index in [4.69, 9.17) is 5.73 Å². The number of nitro benzene ring substituents is 1. The lowest BCUT2D eigenvalue weighted by atomic mass is 10.1. The monoisotopic (exact) mass is 307 g/mol. The van der Waals surface area contributed by atoms with Gasteiger partial charge in [-0.15, -0.1) is 10.2 Å². The van der Waals surface area contributed by atoms with Gasteiger partial charge in [0.2, 0.25) is 11.0 Å². The first-order valence-electron chi connectivity index (χ1n) is 6.12. The van der Waals surface area contributed by atoms with Gasteiger partial charge in [-0.2, -0.15) is 0 Å². The minimum absolute atomic E-state index is 0.00742. The highest BCUT2D eigenvalue weighted by molar-refractivity contribution is 7.15. The van der Waals surface area contributed by atoms with Crippen molar-refractivity contribution in [2.75, 3.05) is 12.3 Å². The van der Waals surface area contributed by atoms with Crippen LogP contribution in [0.15, 0.2) is 24.3 Å². The van der Waals surface area contributed by atoms with Crippen molar-refractivity contribution < 1.29 is 9.72 Å². The van der Waals surface area contributed by atoms with Crippen molar-refractivity contribution in [1.82, 2.24) is 15.5 Å². The number of benzene rings is 1. The highest BCUT2D eigenvalue weighted by atomic mass is 32.1. The number of nitrogens with one attached hydrogen (secondary N) is 1. The quantitative estimate of drug-likeness (QED) is 0.604. The molecule has 9 heteroatoms. The number of nitrogen functional groups attached to an aromatic ring is 1. The van der Waals surface area contributed by atoms with E-state index in [9.17, 15) is 14.9 Å². The Labute approximate surface area is 124 Å². The smallest absolute Gasteiger partial charge is 0.269 e. The number of hydrogen-bond acceptors (Lipinski definition) is 7. The van der Waals surface area contributed by atoms with E-state index in [1.54, 1.807) is 12.1 Å². The molecule has 1 heterocycles. The maximum atomic E-state index is 11.7. The van der Waals surface area contributed by atoms with Gasteiger partial charge >= 0.3 is 0 Å². The molecule has 0 aliphatic carbocycles. The molecule has 0 unspecified atom stereocenters. The molecule has 8 nitrogen and oxygen atoms in total. The maximum absolute atomic E-state index is 11.7. The molecule has 0 radical (unpaired) electrons. The molecule has 21 heavy (non-hydrogen) atoms. The lowest BCUT2D eigenvalue weighted by Crippen LogP contribution is -2.27. The van der Waals surface area contributed by atoms with E-state index in [2.05, 4.69) is 15.5 Å². The van der Waals surface area contributed by atoms with Gasteiger partial charge in [-0.1, -0.05) is 23.5 Å². The Morgan fingerprint density at radius 2 is 2.05 bits per heavy atom. The summed E-state index contributed by atoms with van der Waals surface area (Å²) in [4.78, 5) is 21.8. The summed E-state index contributed by atoms with van der Waals surface area (Å²) in [7, 11) is 0. The molecule has 0 saturated heterocycles. The molecule has 1 amide bonds. The van der Waals surface area contributed by atoms with Gasteiger partial charge in [0, 0.05) is 25.1 Å². The topological polar surface area (TPSA) is 124 Å². The molecule has 0 atom stereocenters. The van der Waals surface area contributed by atoms with Crippen LogP contribution in [0.4, 0.5) is 10.8 Å². The van der Waals surface area contributed by atoms with Crippen LogP contribution in [0.2, 0.25) is 0 Å². The second kappa shape index (κ2) is 6.75. The van der Waals surface area contributed by atoms with Crippen LogP contribution in [-0.2, 0) is 17.6 Å². The maximum Gasteiger partial charge on any atom is 0.269 e. The predicted octanol–water partition coefficient (Wildman–Crippen LogP) is 0.930. The Bertz CT molecular complexity index is 641. The van der Waals surface area contributed by atoms with E-state index in [1.807, 2.05) is 0 Å². The van der Waals surface area contributed by atoms with E-state index in [0.29, 0.717) is 18.1 Å². The zero-order valence-corrected chi connectivity index (χ0v) is 11.8. The molecular formula is C12H13N5O3S. The van der Waals surface area contributed by atoms with E-state index >= 15 is 0 Å². The Kier molecular flexibility index (Phi) is 4.77. The zero-order chi connectivity index (χ0) is 15.2. The molecule has 1 aromatic carbocycles. The Balaban J connectivity index is 1.77. The number of amides is 1. The standard InChI is InChI=1S/C12H13N5O3S/c13-12-16-15-11(21-12)5-6-14-10(18)7-8-1-3-9(4-2-8)17(19)20/h1-4H,5-7H2,(H2,13,16)(H,14,18). The number of hydrogen-bond donors (Lipinski definition) is 2. The number of carbonyl (C=O) groups excluding carboxylic acids is 1. The molecule has 0 bridgehead atoms. The van der Waals surface area contributed by atoms with Crippen LogP contribution in [0.1, 0.15) is 10.6 Å². The van der Waals surface area contributed by atoms with Crippen LogP contribution < -0.4 is 11.1 Å². The summed E-state index contributed by atoms with van der Waals surface area (Å²) < 4.78 is 0. The summed E-state index contributed by atoms with van der Waals surface area (Å²) >= 11 is 1.29. The number of aromatic nitrogens is 2. The third kappa shape index (κ3) is 4.49. The van der Waals surface area contributed by atoms with Crippen LogP contribution in [0, 0.1) is 10.1 Å². The first-order chi connectivity index (χ1) is 10.0. The molecule has 2 aromatic rings. The number of carbonyl (C=O) groups is 1. The zero-order valence-electron chi connectivity index (χ0n) is 11.0. The van der Waals surface area contributed by atoms with Crippen molar-refractivity contribution in [3.05, 3.63) is 45.0 Å². The summed E-state index contributed by atoms with van der Waals surface area (Å²) in [6.07, 6.45) is 0.747. The van der Waals surface area contributed by atoms with E-state index in [0.717, 1.165) is 10.6 Å². The molecular weight excluding hydrogens is 294 g/mol. The number of nitrogens with zero attached hydrogens (tertiary/aromatic N) is 3. The third-order valence-electron chi connectivity index (χ3n) is 2.66. The van der Waals surface area contributed by atoms with Gasteiger partial charge in [0.15, 0.2) is 0 Å². The highest BCUT2D eigenvalue weighted by Crippen LogP contribution is 2.12. The predicted molar refractivity (Wildman–Crippen MR) is 77.8 cm³/mol. The van der Waals surface area contributed by atoms with Gasteiger partial charge in [-0.05, 0) is 5.56 Å². The van der Waals surface area contributed by atoms with Crippen molar-refractivity contribution in [3.8, 4) is 0 Å². The molecule has 0 aliphatic rings. The van der Waals surface area contributed by atoms with E-state index < -0.39 is 4.92 Å². The van der Waals surface area contributed by atoms with Gasteiger partial charge in [-0.3, -0.25) is 14.9 Å². The number of anilines is 1. The van der Waals surface area contributed by atoms with Crippen LogP contribution >= 0.6 is 11.3 Å². The molecule has 110 valence electrons. The largest absolute Gasteiger partial charge is 0.374 e. The molecule has 3 N–H and O–H groups in total. The second-order valence-corrected chi connectivity index (χ2v) is 5.33. The SMILES string of the molecule is Nc1nnc(CCNC(=O)Cc2ccc([N+](=O)[O-])cc2)s1. The lowest BCUT2D eigenvalue weighted by molar-refractivity contribution is -0.384. The summed E-state index contributed by atoms with van der Waals surface area (Å²) in [6, 6.07) is 5.91. The van der Waals surface area contributed by atoms with Crippen molar-refractivity contribution in [2.45, 2.75) is 12.8 Å². The normalized spacial score (nSPS) is 10.3. The Morgan fingerprint density at radius 3 is 2.62 bits per heavy atom. The molecule has 0 spiro atoms. The van der Waals surface area contributed by atoms with Gasteiger partial charge in [0.25, 0.3) is 5.69 Å². The first-order valence-corrected chi connectivity index (χ1v) is 6.94. The van der Waals surface area contributed by atoms with Crippen molar-refractivity contribution in [1.29, 1.82) is 0 Å². The van der Waals surface area contributed by atoms with Gasteiger partial charge in [-0.25, -0.2) is 0 Å². The van der Waals surface area contributed by atoms with Crippen molar-refractivity contribution >= 4 is 28.1 Å². The van der Waals surface area contributed by atoms with Crippen LogP contribution in [0.3, 0.4) is 0 Å². The molecule has 1 aromatic heterocycles. The summed E-state index contributed by atoms with van der Waals surface area (Å²) in [6.45, 7) is 0.445. The number of rotatable bonds is 6. The first kappa shape index (κ1) is 14.9. The van der Waals surface area contributed by atoms with Crippen LogP contribution in [-0.4, -0.2) is 27.6 Å². The third-order valence-corrected chi connectivity index (χ3v) is 3.47. The van der Waals surface area contributed by atoms with Gasteiger partial charge < -0.3 is 11.1 Å². The average Bonchev–Trinajstić information content (AvgIpc) is 2.85. The lowest BCUT2D eigenvalue weighted by Gasteiger charge is -2.03.